The lowest BCUT2D eigenvalue weighted by Gasteiger charge is -2.13. The Hall–Kier alpha value is -0.640. The zero-order valence-electron chi connectivity index (χ0n) is 8.24. The molecule has 5 heteroatoms. The summed E-state index contributed by atoms with van der Waals surface area (Å²) in [6.07, 6.45) is 1.78. The topological polar surface area (TPSA) is 43.6 Å². The predicted molar refractivity (Wildman–Crippen MR) is 51.6 cm³/mol. The van der Waals surface area contributed by atoms with Crippen LogP contribution in [0.4, 0.5) is 0 Å². The third-order valence-electron chi connectivity index (χ3n) is 2.06. The highest BCUT2D eigenvalue weighted by Gasteiger charge is 2.15. The van der Waals surface area contributed by atoms with Gasteiger partial charge in [0.1, 0.15) is 0 Å². The Kier molecular flexibility index (Phi) is 3.66. The fourth-order valence-electron chi connectivity index (χ4n) is 1.22. The molecule has 0 radical (unpaired) electrons. The first-order chi connectivity index (χ1) is 6.13. The van der Waals surface area contributed by atoms with Crippen molar-refractivity contribution in [3.63, 3.8) is 0 Å². The molecule has 2 unspecified atom stereocenters. The Balaban J connectivity index is 2.49. The zero-order chi connectivity index (χ0) is 9.84. The van der Waals surface area contributed by atoms with Crippen LogP contribution in [0.3, 0.4) is 0 Å². The standard InChI is InChI=1S/C8H15ClN4/c1-4-7(9)6(2)5-8-10-12-13(3)11-8/h6-7H,4-5H2,1-3H3. The van der Waals surface area contributed by atoms with Crippen LogP contribution in [0.25, 0.3) is 0 Å². The molecule has 2 atom stereocenters. The van der Waals surface area contributed by atoms with Crippen LogP contribution in [0.5, 0.6) is 0 Å². The number of aryl methyl sites for hydroxylation is 1. The predicted octanol–water partition coefficient (Wildman–Crippen LogP) is 1.41. The minimum Gasteiger partial charge on any atom is -0.167 e. The van der Waals surface area contributed by atoms with Gasteiger partial charge in [-0.2, -0.15) is 4.80 Å². The van der Waals surface area contributed by atoms with Gasteiger partial charge in [0, 0.05) is 11.8 Å². The highest BCUT2D eigenvalue weighted by molar-refractivity contribution is 6.20. The molecule has 0 fully saturated rings. The van der Waals surface area contributed by atoms with E-state index in [1.807, 2.05) is 0 Å². The van der Waals surface area contributed by atoms with Crippen molar-refractivity contribution in [2.45, 2.75) is 32.1 Å². The minimum absolute atomic E-state index is 0.198. The lowest BCUT2D eigenvalue weighted by atomic mass is 10.0. The quantitative estimate of drug-likeness (QED) is 0.694. The highest BCUT2D eigenvalue weighted by Crippen LogP contribution is 2.16. The molecule has 13 heavy (non-hydrogen) atoms. The van der Waals surface area contributed by atoms with E-state index in [0.717, 1.165) is 18.7 Å². The van der Waals surface area contributed by atoms with Crippen molar-refractivity contribution in [1.82, 2.24) is 20.2 Å². The minimum atomic E-state index is 0.198. The molecule has 4 nitrogen and oxygen atoms in total. The van der Waals surface area contributed by atoms with Gasteiger partial charge in [-0.1, -0.05) is 13.8 Å². The van der Waals surface area contributed by atoms with Crippen molar-refractivity contribution in [3.8, 4) is 0 Å². The molecule has 0 aliphatic rings. The number of tetrazole rings is 1. The first-order valence-electron chi connectivity index (χ1n) is 4.50. The maximum absolute atomic E-state index is 6.09. The molecule has 0 saturated carbocycles. The number of aromatic nitrogens is 4. The highest BCUT2D eigenvalue weighted by atomic mass is 35.5. The smallest absolute Gasteiger partial charge is 0.167 e. The lowest BCUT2D eigenvalue weighted by Crippen LogP contribution is -2.14. The van der Waals surface area contributed by atoms with Crippen LogP contribution in [-0.2, 0) is 13.5 Å². The molecule has 0 N–H and O–H groups in total. The number of hydrogen-bond acceptors (Lipinski definition) is 3. The summed E-state index contributed by atoms with van der Waals surface area (Å²) < 4.78 is 0. The van der Waals surface area contributed by atoms with Gasteiger partial charge >= 0.3 is 0 Å². The van der Waals surface area contributed by atoms with Crippen LogP contribution in [0, 0.1) is 5.92 Å². The van der Waals surface area contributed by atoms with Crippen molar-refractivity contribution in [1.29, 1.82) is 0 Å². The van der Waals surface area contributed by atoms with Gasteiger partial charge in [-0.25, -0.2) is 0 Å². The summed E-state index contributed by atoms with van der Waals surface area (Å²) in [6, 6.07) is 0. The first kappa shape index (κ1) is 10.4. The van der Waals surface area contributed by atoms with E-state index in [9.17, 15) is 0 Å². The second-order valence-electron chi connectivity index (χ2n) is 3.30. The number of hydrogen-bond donors (Lipinski definition) is 0. The van der Waals surface area contributed by atoms with E-state index in [4.69, 9.17) is 11.6 Å². The molecule has 0 bridgehead atoms. The maximum Gasteiger partial charge on any atom is 0.175 e. The molecule has 0 aliphatic carbocycles. The fraction of sp³-hybridized carbons (Fsp3) is 0.875. The molecule has 0 spiro atoms. The summed E-state index contributed by atoms with van der Waals surface area (Å²) in [5.74, 6) is 1.17. The third-order valence-corrected chi connectivity index (χ3v) is 2.80. The normalized spacial score (nSPS) is 15.7. The molecule has 0 aromatic carbocycles. The van der Waals surface area contributed by atoms with Crippen LogP contribution in [-0.4, -0.2) is 25.6 Å². The molecule has 1 aromatic rings. The molecule has 1 rings (SSSR count). The van der Waals surface area contributed by atoms with Crippen molar-refractivity contribution >= 4 is 11.6 Å². The van der Waals surface area contributed by atoms with Crippen LogP contribution in [0.15, 0.2) is 0 Å². The Morgan fingerprint density at radius 3 is 2.69 bits per heavy atom. The average Bonchev–Trinajstić information content (AvgIpc) is 2.49. The second-order valence-corrected chi connectivity index (χ2v) is 3.86. The summed E-state index contributed by atoms with van der Waals surface area (Å²) in [5, 5.41) is 12.0. The Morgan fingerprint density at radius 1 is 1.54 bits per heavy atom. The molecule has 0 saturated heterocycles. The molecule has 0 aliphatic heterocycles. The van der Waals surface area contributed by atoms with Crippen LogP contribution in [0.2, 0.25) is 0 Å². The van der Waals surface area contributed by atoms with E-state index in [1.165, 1.54) is 4.80 Å². The SMILES string of the molecule is CCC(Cl)C(C)Cc1nnn(C)n1. The van der Waals surface area contributed by atoms with E-state index in [1.54, 1.807) is 7.05 Å². The molecule has 1 heterocycles. The molecule has 74 valence electrons. The number of nitrogens with zero attached hydrogens (tertiary/aromatic N) is 4. The van der Waals surface area contributed by atoms with Gasteiger partial charge in [0.05, 0.1) is 7.05 Å². The summed E-state index contributed by atoms with van der Waals surface area (Å²) in [7, 11) is 1.76. The van der Waals surface area contributed by atoms with Crippen LogP contribution in [0.1, 0.15) is 26.1 Å². The summed E-state index contributed by atoms with van der Waals surface area (Å²) in [6.45, 7) is 4.19. The molecular weight excluding hydrogens is 188 g/mol. The van der Waals surface area contributed by atoms with E-state index in [-0.39, 0.29) is 5.38 Å². The fourth-order valence-corrected chi connectivity index (χ4v) is 1.31. The van der Waals surface area contributed by atoms with E-state index in [0.29, 0.717) is 5.92 Å². The van der Waals surface area contributed by atoms with Crippen molar-refractivity contribution in [2.24, 2.45) is 13.0 Å². The molecule has 0 amide bonds. The van der Waals surface area contributed by atoms with Crippen LogP contribution >= 0.6 is 11.6 Å². The molecular formula is C8H15ClN4. The van der Waals surface area contributed by atoms with Gasteiger partial charge in [0.25, 0.3) is 0 Å². The zero-order valence-corrected chi connectivity index (χ0v) is 8.99. The first-order valence-corrected chi connectivity index (χ1v) is 4.94. The number of halogens is 1. The molecule has 1 aromatic heterocycles. The van der Waals surface area contributed by atoms with Crippen molar-refractivity contribution < 1.29 is 0 Å². The second kappa shape index (κ2) is 4.56. The Bertz CT molecular complexity index is 260. The van der Waals surface area contributed by atoms with E-state index in [2.05, 4.69) is 29.3 Å². The van der Waals surface area contributed by atoms with Gasteiger partial charge in [-0.15, -0.1) is 21.8 Å². The summed E-state index contributed by atoms with van der Waals surface area (Å²) >= 11 is 6.09. The lowest BCUT2D eigenvalue weighted by molar-refractivity contribution is 0.515. The van der Waals surface area contributed by atoms with E-state index < -0.39 is 0 Å². The maximum atomic E-state index is 6.09. The third kappa shape index (κ3) is 2.95. The monoisotopic (exact) mass is 202 g/mol. The average molecular weight is 203 g/mol. The van der Waals surface area contributed by atoms with Gasteiger partial charge in [0.15, 0.2) is 5.82 Å². The van der Waals surface area contributed by atoms with Gasteiger partial charge in [-0.3, -0.25) is 0 Å². The van der Waals surface area contributed by atoms with Crippen molar-refractivity contribution in [3.05, 3.63) is 5.82 Å². The number of alkyl halides is 1. The summed E-state index contributed by atoms with van der Waals surface area (Å²) in [4.78, 5) is 1.47. The number of rotatable bonds is 4. The van der Waals surface area contributed by atoms with E-state index >= 15 is 0 Å². The van der Waals surface area contributed by atoms with Crippen LogP contribution < -0.4 is 0 Å². The van der Waals surface area contributed by atoms with Crippen molar-refractivity contribution in [2.75, 3.05) is 0 Å². The summed E-state index contributed by atoms with van der Waals surface area (Å²) in [5.41, 5.74) is 0. The van der Waals surface area contributed by atoms with Gasteiger partial charge in [0.2, 0.25) is 0 Å². The largest absolute Gasteiger partial charge is 0.175 e. The Morgan fingerprint density at radius 2 is 2.23 bits per heavy atom. The Labute approximate surface area is 83.3 Å². The van der Waals surface area contributed by atoms with Gasteiger partial charge in [-0.05, 0) is 17.6 Å². The van der Waals surface area contributed by atoms with Gasteiger partial charge < -0.3 is 0 Å².